The molecular formula is C24H21FO5. The summed E-state index contributed by atoms with van der Waals surface area (Å²) in [5.41, 5.74) is 2.22. The third kappa shape index (κ3) is 5.17. The lowest BCUT2D eigenvalue weighted by molar-refractivity contribution is 0.0696. The smallest absolute Gasteiger partial charge is 0.336 e. The number of methoxy groups -OCH3 is 2. The molecule has 0 saturated carbocycles. The maximum absolute atomic E-state index is 13.5. The van der Waals surface area contributed by atoms with E-state index in [-0.39, 0.29) is 11.3 Å². The van der Waals surface area contributed by atoms with Crippen molar-refractivity contribution < 1.29 is 28.5 Å². The van der Waals surface area contributed by atoms with E-state index in [1.165, 1.54) is 19.2 Å². The van der Waals surface area contributed by atoms with Crippen molar-refractivity contribution >= 4 is 18.1 Å². The molecule has 3 rings (SSSR count). The van der Waals surface area contributed by atoms with Gasteiger partial charge < -0.3 is 19.3 Å². The van der Waals surface area contributed by atoms with Crippen LogP contribution >= 0.6 is 0 Å². The first-order valence-corrected chi connectivity index (χ1v) is 9.15. The van der Waals surface area contributed by atoms with Crippen molar-refractivity contribution in [1.82, 2.24) is 0 Å². The van der Waals surface area contributed by atoms with Gasteiger partial charge in [-0.3, -0.25) is 0 Å². The zero-order chi connectivity index (χ0) is 21.5. The molecule has 0 bridgehead atoms. The molecule has 0 amide bonds. The fourth-order valence-corrected chi connectivity index (χ4v) is 2.81. The number of ether oxygens (including phenoxy) is 3. The number of halogens is 1. The molecule has 6 heteroatoms. The van der Waals surface area contributed by atoms with E-state index in [0.717, 1.165) is 11.3 Å². The standard InChI is InChI=1S/C24H21FO5/c1-28-19-9-4-17(5-10-19)15-30-20-11-8-18(21(14-20)24(26)27)7-3-16-6-12-22(25)23(13-16)29-2/h3-14H,15H2,1-2H3,(H,26,27)/b7-3+. The zero-order valence-corrected chi connectivity index (χ0v) is 16.6. The highest BCUT2D eigenvalue weighted by Gasteiger charge is 2.10. The minimum Gasteiger partial charge on any atom is -0.497 e. The Bertz CT molecular complexity index is 1060. The summed E-state index contributed by atoms with van der Waals surface area (Å²) >= 11 is 0. The summed E-state index contributed by atoms with van der Waals surface area (Å²) in [6.45, 7) is 0.299. The van der Waals surface area contributed by atoms with Gasteiger partial charge in [0.15, 0.2) is 11.6 Å². The molecule has 0 saturated heterocycles. The normalized spacial score (nSPS) is 10.8. The number of benzene rings is 3. The first kappa shape index (κ1) is 20.9. The molecule has 154 valence electrons. The molecule has 3 aromatic rings. The van der Waals surface area contributed by atoms with E-state index in [1.54, 1.807) is 43.5 Å². The quantitative estimate of drug-likeness (QED) is 0.513. The highest BCUT2D eigenvalue weighted by molar-refractivity contribution is 5.94. The number of hydrogen-bond acceptors (Lipinski definition) is 4. The third-order valence-electron chi connectivity index (χ3n) is 4.45. The van der Waals surface area contributed by atoms with Crippen LogP contribution in [0.25, 0.3) is 12.2 Å². The van der Waals surface area contributed by atoms with Gasteiger partial charge >= 0.3 is 5.97 Å². The Kier molecular flexibility index (Phi) is 6.70. The van der Waals surface area contributed by atoms with E-state index in [1.807, 2.05) is 24.3 Å². The van der Waals surface area contributed by atoms with Crippen LogP contribution in [0, 0.1) is 5.82 Å². The van der Waals surface area contributed by atoms with E-state index in [9.17, 15) is 14.3 Å². The summed E-state index contributed by atoms with van der Waals surface area (Å²) in [5.74, 6) is -0.205. The van der Waals surface area contributed by atoms with Crippen LogP contribution in [0.5, 0.6) is 17.2 Å². The second-order valence-corrected chi connectivity index (χ2v) is 6.42. The fraction of sp³-hybridized carbons (Fsp3) is 0.125. The number of rotatable bonds is 8. The maximum Gasteiger partial charge on any atom is 0.336 e. The first-order chi connectivity index (χ1) is 14.5. The maximum atomic E-state index is 13.5. The monoisotopic (exact) mass is 408 g/mol. The van der Waals surface area contributed by atoms with Crippen LogP contribution in [-0.2, 0) is 6.61 Å². The van der Waals surface area contributed by atoms with Crippen LogP contribution in [0.4, 0.5) is 4.39 Å². The molecule has 0 aromatic heterocycles. The number of carboxylic acid groups (broad SMARTS) is 1. The summed E-state index contributed by atoms with van der Waals surface area (Å²) < 4.78 is 29.4. The molecule has 0 radical (unpaired) electrons. The average Bonchev–Trinajstić information content (AvgIpc) is 2.77. The van der Waals surface area contributed by atoms with Crippen molar-refractivity contribution in [1.29, 1.82) is 0 Å². The van der Waals surface area contributed by atoms with Gasteiger partial charge in [-0.1, -0.05) is 36.4 Å². The third-order valence-corrected chi connectivity index (χ3v) is 4.45. The lowest BCUT2D eigenvalue weighted by atomic mass is 10.1. The van der Waals surface area contributed by atoms with Gasteiger partial charge in [-0.2, -0.15) is 0 Å². The van der Waals surface area contributed by atoms with Gasteiger partial charge in [0.1, 0.15) is 18.1 Å². The van der Waals surface area contributed by atoms with Gasteiger partial charge in [0.2, 0.25) is 0 Å². The summed E-state index contributed by atoms with van der Waals surface area (Å²) in [4.78, 5) is 11.7. The molecule has 30 heavy (non-hydrogen) atoms. The second-order valence-electron chi connectivity index (χ2n) is 6.42. The summed E-state index contributed by atoms with van der Waals surface area (Å²) in [5, 5.41) is 9.58. The lowest BCUT2D eigenvalue weighted by Gasteiger charge is -2.09. The number of hydrogen-bond donors (Lipinski definition) is 1. The zero-order valence-electron chi connectivity index (χ0n) is 16.6. The highest BCUT2D eigenvalue weighted by atomic mass is 19.1. The molecule has 0 unspecified atom stereocenters. The van der Waals surface area contributed by atoms with Crippen LogP contribution in [0.2, 0.25) is 0 Å². The summed E-state index contributed by atoms with van der Waals surface area (Å²) in [6.07, 6.45) is 3.35. The lowest BCUT2D eigenvalue weighted by Crippen LogP contribution is -2.02. The predicted molar refractivity (Wildman–Crippen MR) is 113 cm³/mol. The van der Waals surface area contributed by atoms with Crippen LogP contribution < -0.4 is 14.2 Å². The van der Waals surface area contributed by atoms with E-state index in [4.69, 9.17) is 14.2 Å². The summed E-state index contributed by atoms with van der Waals surface area (Å²) in [7, 11) is 2.99. The molecule has 0 spiro atoms. The van der Waals surface area contributed by atoms with Crippen molar-refractivity contribution in [2.24, 2.45) is 0 Å². The van der Waals surface area contributed by atoms with Crippen molar-refractivity contribution in [2.45, 2.75) is 6.61 Å². The van der Waals surface area contributed by atoms with Gasteiger partial charge in [0.05, 0.1) is 19.8 Å². The van der Waals surface area contributed by atoms with Gasteiger partial charge in [-0.05, 0) is 53.1 Å². The molecule has 5 nitrogen and oxygen atoms in total. The Morgan fingerprint density at radius 1 is 0.933 bits per heavy atom. The van der Waals surface area contributed by atoms with Gasteiger partial charge in [0.25, 0.3) is 0 Å². The van der Waals surface area contributed by atoms with Gasteiger partial charge in [0, 0.05) is 0 Å². The fourth-order valence-electron chi connectivity index (χ4n) is 2.81. The number of carbonyl (C=O) groups is 1. The Balaban J connectivity index is 1.76. The average molecular weight is 408 g/mol. The molecule has 0 aliphatic heterocycles. The van der Waals surface area contributed by atoms with Crippen molar-refractivity contribution in [3.05, 3.63) is 88.7 Å². The number of aromatic carboxylic acids is 1. The van der Waals surface area contributed by atoms with E-state index < -0.39 is 11.8 Å². The first-order valence-electron chi connectivity index (χ1n) is 9.15. The van der Waals surface area contributed by atoms with Gasteiger partial charge in [-0.25, -0.2) is 9.18 Å². The SMILES string of the molecule is COc1ccc(COc2ccc(/C=C/c3ccc(F)c(OC)c3)c(C(=O)O)c2)cc1. The second kappa shape index (κ2) is 9.60. The molecule has 0 fully saturated rings. The van der Waals surface area contributed by atoms with E-state index >= 15 is 0 Å². The van der Waals surface area contributed by atoms with Crippen molar-refractivity contribution in [3.63, 3.8) is 0 Å². The van der Waals surface area contributed by atoms with Crippen molar-refractivity contribution in [3.8, 4) is 17.2 Å². The summed E-state index contributed by atoms with van der Waals surface area (Å²) in [6, 6.07) is 16.7. The minimum absolute atomic E-state index is 0.104. The molecule has 3 aromatic carbocycles. The minimum atomic E-state index is -1.07. The van der Waals surface area contributed by atoms with E-state index in [0.29, 0.717) is 23.5 Å². The van der Waals surface area contributed by atoms with Crippen LogP contribution in [-0.4, -0.2) is 25.3 Å². The Hall–Kier alpha value is -3.80. The molecule has 0 aliphatic rings. The Morgan fingerprint density at radius 2 is 1.67 bits per heavy atom. The molecule has 0 aliphatic carbocycles. The molecule has 0 heterocycles. The largest absolute Gasteiger partial charge is 0.497 e. The Morgan fingerprint density at radius 3 is 2.33 bits per heavy atom. The molecule has 1 N–H and O–H groups in total. The molecule has 0 atom stereocenters. The van der Waals surface area contributed by atoms with E-state index in [2.05, 4.69) is 0 Å². The van der Waals surface area contributed by atoms with Gasteiger partial charge in [-0.15, -0.1) is 0 Å². The topological polar surface area (TPSA) is 65.0 Å². The van der Waals surface area contributed by atoms with Crippen molar-refractivity contribution in [2.75, 3.05) is 14.2 Å². The highest BCUT2D eigenvalue weighted by Crippen LogP contribution is 2.23. The molecular weight excluding hydrogens is 387 g/mol. The predicted octanol–water partition coefficient (Wildman–Crippen LogP) is 5.29. The number of carboxylic acids is 1. The van der Waals surface area contributed by atoms with Crippen LogP contribution in [0.15, 0.2) is 60.7 Å². The van der Waals surface area contributed by atoms with Crippen LogP contribution in [0.3, 0.4) is 0 Å². The Labute approximate surface area is 174 Å². The van der Waals surface area contributed by atoms with Crippen LogP contribution in [0.1, 0.15) is 27.0 Å².